The molecule has 0 bridgehead atoms. The van der Waals surface area contributed by atoms with Gasteiger partial charge in [-0.2, -0.15) is 0 Å². The van der Waals surface area contributed by atoms with E-state index in [0.29, 0.717) is 17.9 Å². The van der Waals surface area contributed by atoms with Crippen molar-refractivity contribution < 1.29 is 23.5 Å². The number of urea groups is 1. The molecule has 126 valence electrons. The van der Waals surface area contributed by atoms with Gasteiger partial charge in [0.25, 0.3) is 5.91 Å². The van der Waals surface area contributed by atoms with E-state index in [4.69, 9.17) is 9.15 Å². The molecular weight excluding hydrogens is 312 g/mol. The molecule has 2 aromatic rings. The Morgan fingerprint density at radius 2 is 1.88 bits per heavy atom. The lowest BCUT2D eigenvalue weighted by Gasteiger charge is -2.17. The molecule has 1 atom stereocenters. The molecule has 2 rings (SSSR count). The number of amides is 3. The topological polar surface area (TPSA) is 97.6 Å². The molecule has 3 amide bonds. The molecule has 1 aromatic heterocycles. The van der Waals surface area contributed by atoms with Gasteiger partial charge in [-0.05, 0) is 19.9 Å². The van der Waals surface area contributed by atoms with E-state index in [-0.39, 0.29) is 5.56 Å². The van der Waals surface area contributed by atoms with Crippen LogP contribution in [-0.4, -0.2) is 24.5 Å². The summed E-state index contributed by atoms with van der Waals surface area (Å²) in [6.45, 7) is 3.70. The molecule has 0 radical (unpaired) electrons. The van der Waals surface area contributed by atoms with Gasteiger partial charge < -0.3 is 14.5 Å². The summed E-state index contributed by atoms with van der Waals surface area (Å²) < 4.78 is 10.4. The zero-order chi connectivity index (χ0) is 17.5. The highest BCUT2D eigenvalue weighted by molar-refractivity contribution is 5.99. The van der Waals surface area contributed by atoms with Crippen LogP contribution >= 0.6 is 0 Å². The second-order valence-corrected chi connectivity index (χ2v) is 4.94. The average Bonchev–Trinajstić information content (AvgIpc) is 2.99. The lowest BCUT2D eigenvalue weighted by atomic mass is 10.1. The van der Waals surface area contributed by atoms with Gasteiger partial charge in [-0.25, -0.2) is 9.59 Å². The van der Waals surface area contributed by atoms with Gasteiger partial charge in [0.2, 0.25) is 6.10 Å². The molecule has 0 saturated heterocycles. The quantitative estimate of drug-likeness (QED) is 0.820. The monoisotopic (exact) mass is 330 g/mol. The lowest BCUT2D eigenvalue weighted by Crippen LogP contribution is -2.42. The largest absolute Gasteiger partial charge is 0.469 e. The van der Waals surface area contributed by atoms with E-state index >= 15 is 0 Å². The smallest absolute Gasteiger partial charge is 0.342 e. The lowest BCUT2D eigenvalue weighted by molar-refractivity contribution is -0.129. The highest BCUT2D eigenvalue weighted by atomic mass is 16.5. The number of nitrogens with one attached hydrogen (secondary N) is 2. The summed E-state index contributed by atoms with van der Waals surface area (Å²) in [5.74, 6) is -1.06. The second-order valence-electron chi connectivity index (χ2n) is 4.94. The fraction of sp³-hybridized carbons (Fsp3) is 0.235. The summed E-state index contributed by atoms with van der Waals surface area (Å²) in [5, 5.41) is 4.60. The van der Waals surface area contributed by atoms with Gasteiger partial charge in [0.15, 0.2) is 0 Å². The normalized spacial score (nSPS) is 11.4. The van der Waals surface area contributed by atoms with Crippen LogP contribution in [0.2, 0.25) is 0 Å². The van der Waals surface area contributed by atoms with Crippen LogP contribution in [0.15, 0.2) is 47.1 Å². The Kier molecular flexibility index (Phi) is 5.73. The van der Waals surface area contributed by atoms with Crippen LogP contribution in [0.25, 0.3) is 0 Å². The summed E-state index contributed by atoms with van der Waals surface area (Å²) in [4.78, 5) is 36.2. The molecule has 24 heavy (non-hydrogen) atoms. The molecule has 0 saturated carbocycles. The van der Waals surface area contributed by atoms with Crippen molar-refractivity contribution in [1.29, 1.82) is 0 Å². The van der Waals surface area contributed by atoms with Crippen molar-refractivity contribution in [3.63, 3.8) is 0 Å². The van der Waals surface area contributed by atoms with E-state index in [1.807, 2.05) is 0 Å². The van der Waals surface area contributed by atoms with Gasteiger partial charge in [-0.15, -0.1) is 0 Å². The van der Waals surface area contributed by atoms with E-state index in [0.717, 1.165) is 0 Å². The van der Waals surface area contributed by atoms with Crippen LogP contribution in [0.5, 0.6) is 0 Å². The molecule has 7 nitrogen and oxygen atoms in total. The third-order valence-electron chi connectivity index (χ3n) is 3.22. The average molecular weight is 330 g/mol. The van der Waals surface area contributed by atoms with Crippen LogP contribution in [0.4, 0.5) is 4.79 Å². The Hall–Kier alpha value is -3.09. The fourth-order valence-electron chi connectivity index (χ4n) is 2.05. The minimum Gasteiger partial charge on any atom is -0.469 e. The molecule has 1 aromatic carbocycles. The molecule has 0 spiro atoms. The maximum atomic E-state index is 12.3. The van der Waals surface area contributed by atoms with Gasteiger partial charge in [-0.1, -0.05) is 30.3 Å². The first-order valence-electron chi connectivity index (χ1n) is 7.41. The molecule has 0 aliphatic heterocycles. The molecule has 0 unspecified atom stereocenters. The Bertz CT molecular complexity index is 724. The zero-order valence-electron chi connectivity index (χ0n) is 13.4. The fourth-order valence-corrected chi connectivity index (χ4v) is 2.05. The third-order valence-corrected chi connectivity index (χ3v) is 3.22. The van der Waals surface area contributed by atoms with Crippen LogP contribution in [0.1, 0.15) is 34.7 Å². The summed E-state index contributed by atoms with van der Waals surface area (Å²) >= 11 is 0. The highest BCUT2D eigenvalue weighted by Crippen LogP contribution is 2.21. The van der Waals surface area contributed by atoms with Crippen LogP contribution in [0, 0.1) is 6.92 Å². The minimum atomic E-state index is -1.25. The number of aryl methyl sites for hydroxylation is 1. The standard InChI is InChI=1S/C17H18N2O5/c1-3-18-17(22)19-15(20)14(12-7-5-4-6-8-12)24-16(21)13-9-10-23-11(13)2/h4-10,14H,3H2,1-2H3,(H2,18,19,20,22)/t14-/m0/s1. The van der Waals surface area contributed by atoms with E-state index in [1.54, 1.807) is 44.2 Å². The molecule has 0 aliphatic carbocycles. The Morgan fingerprint density at radius 3 is 2.46 bits per heavy atom. The zero-order valence-corrected chi connectivity index (χ0v) is 13.4. The van der Waals surface area contributed by atoms with E-state index in [1.165, 1.54) is 12.3 Å². The van der Waals surface area contributed by atoms with Gasteiger partial charge in [-0.3, -0.25) is 10.1 Å². The maximum absolute atomic E-state index is 12.3. The van der Waals surface area contributed by atoms with Gasteiger partial charge in [0, 0.05) is 12.1 Å². The number of ether oxygens (including phenoxy) is 1. The summed E-state index contributed by atoms with van der Waals surface area (Å²) in [7, 11) is 0. The molecule has 7 heteroatoms. The van der Waals surface area contributed by atoms with Crippen molar-refractivity contribution in [3.05, 3.63) is 59.5 Å². The molecule has 0 aliphatic rings. The van der Waals surface area contributed by atoms with Crippen molar-refractivity contribution in [2.75, 3.05) is 6.54 Å². The number of esters is 1. The number of imide groups is 1. The SMILES string of the molecule is CCNC(=O)NC(=O)[C@@H](OC(=O)c1ccoc1C)c1ccccc1. The second kappa shape index (κ2) is 7.96. The first-order chi connectivity index (χ1) is 11.5. The van der Waals surface area contributed by atoms with Gasteiger partial charge in [0.05, 0.1) is 6.26 Å². The highest BCUT2D eigenvalue weighted by Gasteiger charge is 2.28. The van der Waals surface area contributed by atoms with Crippen molar-refractivity contribution in [1.82, 2.24) is 10.6 Å². The van der Waals surface area contributed by atoms with E-state index in [2.05, 4.69) is 10.6 Å². The number of rotatable bonds is 5. The van der Waals surface area contributed by atoms with Crippen molar-refractivity contribution in [3.8, 4) is 0 Å². The van der Waals surface area contributed by atoms with Crippen molar-refractivity contribution in [2.45, 2.75) is 20.0 Å². The Balaban J connectivity index is 2.20. The number of hydrogen-bond donors (Lipinski definition) is 2. The number of carbonyl (C=O) groups is 3. The summed E-state index contributed by atoms with van der Waals surface area (Å²) in [5.41, 5.74) is 0.676. The number of furan rings is 1. The number of benzene rings is 1. The Labute approximate surface area is 139 Å². The number of hydrogen-bond acceptors (Lipinski definition) is 5. The minimum absolute atomic E-state index is 0.224. The third kappa shape index (κ3) is 4.22. The van der Waals surface area contributed by atoms with Crippen LogP contribution in [-0.2, 0) is 9.53 Å². The van der Waals surface area contributed by atoms with E-state index < -0.39 is 24.0 Å². The van der Waals surface area contributed by atoms with Gasteiger partial charge >= 0.3 is 12.0 Å². The van der Waals surface area contributed by atoms with Crippen LogP contribution in [0.3, 0.4) is 0 Å². The molecule has 0 fully saturated rings. The maximum Gasteiger partial charge on any atom is 0.342 e. The summed E-state index contributed by atoms with van der Waals surface area (Å²) in [6.07, 6.45) is 0.105. The summed E-state index contributed by atoms with van der Waals surface area (Å²) in [6, 6.07) is 9.26. The van der Waals surface area contributed by atoms with Crippen molar-refractivity contribution in [2.24, 2.45) is 0 Å². The molecule has 1 heterocycles. The first-order valence-corrected chi connectivity index (χ1v) is 7.41. The molecule has 2 N–H and O–H groups in total. The first kappa shape index (κ1) is 17.3. The van der Waals surface area contributed by atoms with Crippen LogP contribution < -0.4 is 10.6 Å². The van der Waals surface area contributed by atoms with Gasteiger partial charge in [0.1, 0.15) is 11.3 Å². The number of carbonyl (C=O) groups excluding carboxylic acids is 3. The predicted octanol–water partition coefficient (Wildman–Crippen LogP) is 2.33. The van der Waals surface area contributed by atoms with E-state index in [9.17, 15) is 14.4 Å². The predicted molar refractivity (Wildman–Crippen MR) is 85.3 cm³/mol. The Morgan fingerprint density at radius 1 is 1.17 bits per heavy atom. The molecular formula is C17H18N2O5. The van der Waals surface area contributed by atoms with Crippen molar-refractivity contribution >= 4 is 17.9 Å².